The second-order valence-corrected chi connectivity index (χ2v) is 7.14. The third kappa shape index (κ3) is 1.65. The van der Waals surface area contributed by atoms with E-state index in [-0.39, 0.29) is 5.92 Å². The van der Waals surface area contributed by atoms with Crippen LogP contribution in [0.1, 0.15) is 46.5 Å². The van der Waals surface area contributed by atoms with Crippen LogP contribution >= 0.6 is 0 Å². The van der Waals surface area contributed by atoms with Crippen molar-refractivity contribution in [2.24, 2.45) is 17.8 Å². The van der Waals surface area contributed by atoms with Gasteiger partial charge in [-0.1, -0.05) is 6.92 Å². The van der Waals surface area contributed by atoms with Crippen molar-refractivity contribution in [3.63, 3.8) is 0 Å². The van der Waals surface area contributed by atoms with E-state index in [2.05, 4.69) is 6.92 Å². The Hall–Kier alpha value is -0.910. The lowest BCUT2D eigenvalue weighted by Gasteiger charge is -2.56. The van der Waals surface area contributed by atoms with Crippen LogP contribution in [0.5, 0.6) is 0 Å². The highest BCUT2D eigenvalue weighted by Crippen LogP contribution is 2.59. The standard InChI is InChI=1S/C16H22O5/c1-9-4-5-12-10(2)13(8-17)18-14-16(12)11(9)6-7-15(3,19-14)20-21-16/h8-9,11-12,14H,4-7H2,1-3H3/t9-,11+,12+,14?,15-,16-/m1/s1. The lowest BCUT2D eigenvalue weighted by atomic mass is 9.59. The maximum Gasteiger partial charge on any atom is 0.236 e. The molecule has 0 amide bonds. The Balaban J connectivity index is 1.87. The van der Waals surface area contributed by atoms with Crippen molar-refractivity contribution < 1.29 is 24.0 Å². The van der Waals surface area contributed by atoms with Crippen LogP contribution in [-0.2, 0) is 24.0 Å². The first-order valence-electron chi connectivity index (χ1n) is 7.87. The van der Waals surface area contributed by atoms with E-state index in [0.717, 1.165) is 37.5 Å². The molecular weight excluding hydrogens is 272 g/mol. The molecule has 4 aliphatic heterocycles. The molecule has 1 unspecified atom stereocenters. The van der Waals surface area contributed by atoms with Gasteiger partial charge in [0.25, 0.3) is 0 Å². The van der Waals surface area contributed by atoms with Crippen LogP contribution in [0, 0.1) is 17.8 Å². The van der Waals surface area contributed by atoms with Crippen LogP contribution in [0.15, 0.2) is 11.3 Å². The summed E-state index contributed by atoms with van der Waals surface area (Å²) in [7, 11) is 0. The predicted octanol–water partition coefficient (Wildman–Crippen LogP) is 2.71. The van der Waals surface area contributed by atoms with Gasteiger partial charge in [0.15, 0.2) is 17.6 Å². The molecule has 1 spiro atoms. The summed E-state index contributed by atoms with van der Waals surface area (Å²) >= 11 is 0. The summed E-state index contributed by atoms with van der Waals surface area (Å²) in [6.07, 6.45) is 4.13. The molecule has 3 saturated heterocycles. The first-order valence-corrected chi connectivity index (χ1v) is 7.87. The molecule has 5 aliphatic rings. The van der Waals surface area contributed by atoms with E-state index in [9.17, 15) is 4.79 Å². The van der Waals surface area contributed by atoms with E-state index in [1.807, 2.05) is 13.8 Å². The average Bonchev–Trinajstić information content (AvgIpc) is 2.69. The molecule has 0 aromatic rings. The van der Waals surface area contributed by atoms with Crippen LogP contribution in [0.25, 0.3) is 0 Å². The van der Waals surface area contributed by atoms with E-state index >= 15 is 0 Å². The highest BCUT2D eigenvalue weighted by molar-refractivity contribution is 5.72. The SMILES string of the molecule is CC1=C(C=O)OC2O[C@@]3(C)CC[C@H]4[C@H](C)CC[C@@H]1[C@@]24OO3. The topological polar surface area (TPSA) is 54.0 Å². The largest absolute Gasteiger partial charge is 0.458 e. The van der Waals surface area contributed by atoms with Crippen LogP contribution in [-0.4, -0.2) is 24.0 Å². The minimum absolute atomic E-state index is 0.125. The highest BCUT2D eigenvalue weighted by Gasteiger charge is 2.68. The molecule has 21 heavy (non-hydrogen) atoms. The fraction of sp³-hybridized carbons (Fsp3) is 0.812. The molecule has 0 radical (unpaired) electrons. The first-order chi connectivity index (χ1) is 10.00. The molecule has 5 rings (SSSR count). The van der Waals surface area contributed by atoms with Crippen molar-refractivity contribution in [3.8, 4) is 0 Å². The van der Waals surface area contributed by atoms with E-state index in [4.69, 9.17) is 19.2 Å². The van der Waals surface area contributed by atoms with Gasteiger partial charge in [-0.3, -0.25) is 4.79 Å². The smallest absolute Gasteiger partial charge is 0.236 e. The summed E-state index contributed by atoms with van der Waals surface area (Å²) in [6.45, 7) is 6.12. The Morgan fingerprint density at radius 3 is 2.81 bits per heavy atom. The third-order valence-corrected chi connectivity index (χ3v) is 5.97. The van der Waals surface area contributed by atoms with Crippen molar-refractivity contribution in [1.82, 2.24) is 0 Å². The monoisotopic (exact) mass is 294 g/mol. The number of carbonyl (C=O) groups is 1. The Morgan fingerprint density at radius 2 is 2.05 bits per heavy atom. The molecular formula is C16H22O5. The zero-order valence-electron chi connectivity index (χ0n) is 12.8. The number of aldehydes is 1. The second kappa shape index (κ2) is 4.31. The molecule has 6 atom stereocenters. The van der Waals surface area contributed by atoms with Crippen LogP contribution in [0.4, 0.5) is 0 Å². The van der Waals surface area contributed by atoms with Crippen molar-refractivity contribution in [2.45, 2.75) is 64.1 Å². The number of hydrogen-bond acceptors (Lipinski definition) is 5. The fourth-order valence-electron chi connectivity index (χ4n) is 4.76. The van der Waals surface area contributed by atoms with Gasteiger partial charge in [0.05, 0.1) is 0 Å². The van der Waals surface area contributed by atoms with Gasteiger partial charge in [-0.05, 0) is 44.6 Å². The van der Waals surface area contributed by atoms with Gasteiger partial charge in [0.1, 0.15) is 0 Å². The quantitative estimate of drug-likeness (QED) is 0.550. The van der Waals surface area contributed by atoms with E-state index < -0.39 is 17.7 Å². The van der Waals surface area contributed by atoms with Gasteiger partial charge in [-0.25, -0.2) is 9.78 Å². The van der Waals surface area contributed by atoms with Crippen molar-refractivity contribution in [2.75, 3.05) is 0 Å². The molecule has 2 bridgehead atoms. The molecule has 5 heteroatoms. The molecule has 5 nitrogen and oxygen atoms in total. The van der Waals surface area contributed by atoms with E-state index in [1.165, 1.54) is 0 Å². The number of ether oxygens (including phenoxy) is 2. The first kappa shape index (κ1) is 13.7. The Labute approximate surface area is 124 Å². The molecule has 4 heterocycles. The maximum atomic E-state index is 11.3. The number of carbonyl (C=O) groups excluding carboxylic acids is 1. The van der Waals surface area contributed by atoms with Gasteiger partial charge in [0, 0.05) is 18.3 Å². The molecule has 0 aromatic carbocycles. The van der Waals surface area contributed by atoms with Gasteiger partial charge in [-0.2, -0.15) is 0 Å². The van der Waals surface area contributed by atoms with Gasteiger partial charge < -0.3 is 9.47 Å². The zero-order chi connectivity index (χ0) is 14.8. The number of hydrogen-bond donors (Lipinski definition) is 0. The van der Waals surface area contributed by atoms with Crippen LogP contribution < -0.4 is 0 Å². The Kier molecular flexibility index (Phi) is 2.82. The minimum atomic E-state index is -0.781. The Bertz CT molecular complexity index is 515. The Morgan fingerprint density at radius 1 is 1.24 bits per heavy atom. The summed E-state index contributed by atoms with van der Waals surface area (Å²) in [5.41, 5.74) is 0.362. The normalized spacial score (nSPS) is 52.0. The molecule has 0 aromatic heterocycles. The number of fused-ring (bicyclic) bond motifs is 2. The van der Waals surface area contributed by atoms with E-state index in [1.54, 1.807) is 0 Å². The average molecular weight is 294 g/mol. The van der Waals surface area contributed by atoms with Crippen molar-refractivity contribution in [3.05, 3.63) is 11.3 Å². The summed E-state index contributed by atoms with van der Waals surface area (Å²) in [5.74, 6) is 0.611. The summed E-state index contributed by atoms with van der Waals surface area (Å²) < 4.78 is 12.0. The van der Waals surface area contributed by atoms with Crippen LogP contribution in [0.3, 0.4) is 0 Å². The second-order valence-electron chi connectivity index (χ2n) is 7.14. The molecule has 1 aliphatic carbocycles. The van der Waals surface area contributed by atoms with E-state index in [0.29, 0.717) is 17.6 Å². The lowest BCUT2D eigenvalue weighted by molar-refractivity contribution is -0.555. The lowest BCUT2D eigenvalue weighted by Crippen LogP contribution is -2.66. The van der Waals surface area contributed by atoms with Gasteiger partial charge in [0.2, 0.25) is 12.1 Å². The summed E-state index contributed by atoms with van der Waals surface area (Å²) in [4.78, 5) is 23.0. The van der Waals surface area contributed by atoms with Crippen molar-refractivity contribution >= 4 is 6.29 Å². The van der Waals surface area contributed by atoms with Crippen molar-refractivity contribution in [1.29, 1.82) is 0 Å². The highest BCUT2D eigenvalue weighted by atomic mass is 17.3. The maximum absolute atomic E-state index is 11.3. The molecule has 116 valence electrons. The molecule has 4 fully saturated rings. The molecule has 0 N–H and O–H groups in total. The van der Waals surface area contributed by atoms with Crippen LogP contribution in [0.2, 0.25) is 0 Å². The summed E-state index contributed by atoms with van der Waals surface area (Å²) in [5, 5.41) is 0. The number of rotatable bonds is 1. The van der Waals surface area contributed by atoms with Gasteiger partial charge >= 0.3 is 0 Å². The van der Waals surface area contributed by atoms with Gasteiger partial charge in [-0.15, -0.1) is 0 Å². The zero-order valence-corrected chi connectivity index (χ0v) is 12.8. The fourth-order valence-corrected chi connectivity index (χ4v) is 4.76. The summed E-state index contributed by atoms with van der Waals surface area (Å²) in [6, 6.07) is 0. The molecule has 1 saturated carbocycles. The third-order valence-electron chi connectivity index (χ3n) is 5.97. The predicted molar refractivity (Wildman–Crippen MR) is 72.6 cm³/mol. The minimum Gasteiger partial charge on any atom is -0.458 e. The number of allylic oxidation sites excluding steroid dienone is 1.